The SMILES string of the molecule is CC(C)[C@H](C#N)c1ccc(F)c(Oc2ccccc2)c1. The Morgan fingerprint density at radius 1 is 1.10 bits per heavy atom. The fourth-order valence-corrected chi connectivity index (χ4v) is 2.02. The molecule has 3 heteroatoms. The van der Waals surface area contributed by atoms with Gasteiger partial charge in [0, 0.05) is 0 Å². The average Bonchev–Trinajstić information content (AvgIpc) is 2.44. The number of hydrogen-bond donors (Lipinski definition) is 0. The summed E-state index contributed by atoms with van der Waals surface area (Å²) in [7, 11) is 0. The van der Waals surface area contributed by atoms with Gasteiger partial charge in [-0.25, -0.2) is 4.39 Å². The summed E-state index contributed by atoms with van der Waals surface area (Å²) < 4.78 is 19.4. The maximum Gasteiger partial charge on any atom is 0.165 e. The van der Waals surface area contributed by atoms with Crippen LogP contribution in [0.4, 0.5) is 4.39 Å². The van der Waals surface area contributed by atoms with Crippen LogP contribution >= 0.6 is 0 Å². The molecule has 0 aliphatic rings. The van der Waals surface area contributed by atoms with Crippen LogP contribution in [0.15, 0.2) is 48.5 Å². The van der Waals surface area contributed by atoms with Gasteiger partial charge in [-0.2, -0.15) is 5.26 Å². The van der Waals surface area contributed by atoms with Crippen molar-refractivity contribution >= 4 is 0 Å². The van der Waals surface area contributed by atoms with Crippen LogP contribution in [0.25, 0.3) is 0 Å². The molecule has 0 N–H and O–H groups in total. The summed E-state index contributed by atoms with van der Waals surface area (Å²) in [4.78, 5) is 0. The first-order valence-electron chi connectivity index (χ1n) is 6.53. The zero-order valence-electron chi connectivity index (χ0n) is 11.5. The molecule has 2 rings (SSSR count). The highest BCUT2D eigenvalue weighted by Crippen LogP contribution is 2.30. The summed E-state index contributed by atoms with van der Waals surface area (Å²) in [6.45, 7) is 3.93. The first-order chi connectivity index (χ1) is 9.61. The monoisotopic (exact) mass is 269 g/mol. The number of para-hydroxylation sites is 1. The summed E-state index contributed by atoms with van der Waals surface area (Å²) >= 11 is 0. The molecule has 2 aromatic rings. The van der Waals surface area contributed by atoms with E-state index in [1.807, 2.05) is 32.0 Å². The largest absolute Gasteiger partial charge is 0.454 e. The smallest absolute Gasteiger partial charge is 0.165 e. The molecule has 2 aromatic carbocycles. The Bertz CT molecular complexity index is 617. The molecule has 0 radical (unpaired) electrons. The van der Waals surface area contributed by atoms with Crippen molar-refractivity contribution in [1.82, 2.24) is 0 Å². The van der Waals surface area contributed by atoms with Crippen molar-refractivity contribution in [1.29, 1.82) is 5.26 Å². The molecule has 0 saturated carbocycles. The molecule has 0 aliphatic carbocycles. The van der Waals surface area contributed by atoms with Gasteiger partial charge in [-0.15, -0.1) is 0 Å². The van der Waals surface area contributed by atoms with Gasteiger partial charge < -0.3 is 4.74 Å². The van der Waals surface area contributed by atoms with Crippen molar-refractivity contribution in [3.8, 4) is 17.6 Å². The minimum Gasteiger partial charge on any atom is -0.454 e. The molecule has 0 fully saturated rings. The van der Waals surface area contributed by atoms with Crippen LogP contribution in [-0.2, 0) is 0 Å². The Balaban J connectivity index is 2.32. The van der Waals surface area contributed by atoms with Gasteiger partial charge in [-0.05, 0) is 35.7 Å². The van der Waals surface area contributed by atoms with E-state index in [1.165, 1.54) is 6.07 Å². The third-order valence-electron chi connectivity index (χ3n) is 3.09. The number of nitrogens with zero attached hydrogens (tertiary/aromatic N) is 1. The minimum absolute atomic E-state index is 0.148. The molecule has 0 spiro atoms. The van der Waals surface area contributed by atoms with E-state index < -0.39 is 5.82 Å². The van der Waals surface area contributed by atoms with Gasteiger partial charge >= 0.3 is 0 Å². The number of ether oxygens (including phenoxy) is 1. The second-order valence-electron chi connectivity index (χ2n) is 4.96. The van der Waals surface area contributed by atoms with Gasteiger partial charge in [0.2, 0.25) is 0 Å². The van der Waals surface area contributed by atoms with E-state index in [0.717, 1.165) is 5.56 Å². The van der Waals surface area contributed by atoms with Crippen molar-refractivity contribution in [2.75, 3.05) is 0 Å². The first-order valence-corrected chi connectivity index (χ1v) is 6.53. The van der Waals surface area contributed by atoms with E-state index in [-0.39, 0.29) is 17.6 Å². The maximum absolute atomic E-state index is 13.8. The molecule has 1 atom stereocenters. The van der Waals surface area contributed by atoms with Crippen LogP contribution in [0.3, 0.4) is 0 Å². The molecular weight excluding hydrogens is 253 g/mol. The fourth-order valence-electron chi connectivity index (χ4n) is 2.02. The Kier molecular flexibility index (Phi) is 4.37. The van der Waals surface area contributed by atoms with Gasteiger partial charge in [0.05, 0.1) is 12.0 Å². The lowest BCUT2D eigenvalue weighted by molar-refractivity contribution is 0.440. The number of rotatable bonds is 4. The number of nitriles is 1. The van der Waals surface area contributed by atoms with Crippen LogP contribution in [0.1, 0.15) is 25.3 Å². The zero-order valence-corrected chi connectivity index (χ0v) is 11.5. The summed E-state index contributed by atoms with van der Waals surface area (Å²) in [6, 6.07) is 15.9. The quantitative estimate of drug-likeness (QED) is 0.792. The molecule has 0 saturated heterocycles. The molecule has 2 nitrogen and oxygen atoms in total. The molecule has 0 unspecified atom stereocenters. The zero-order chi connectivity index (χ0) is 14.5. The van der Waals surface area contributed by atoms with E-state index in [4.69, 9.17) is 4.74 Å². The number of halogens is 1. The molecule has 20 heavy (non-hydrogen) atoms. The highest BCUT2D eigenvalue weighted by molar-refractivity contribution is 5.38. The molecule has 0 amide bonds. The normalized spacial score (nSPS) is 11.9. The van der Waals surface area contributed by atoms with Crippen LogP contribution in [0.5, 0.6) is 11.5 Å². The van der Waals surface area contributed by atoms with Crippen molar-refractivity contribution in [2.24, 2.45) is 5.92 Å². The predicted molar refractivity (Wildman–Crippen MR) is 76.1 cm³/mol. The topological polar surface area (TPSA) is 33.0 Å². The van der Waals surface area contributed by atoms with Crippen molar-refractivity contribution in [3.05, 3.63) is 59.9 Å². The third-order valence-corrected chi connectivity index (χ3v) is 3.09. The lowest BCUT2D eigenvalue weighted by Gasteiger charge is -2.15. The fraction of sp³-hybridized carbons (Fsp3) is 0.235. The van der Waals surface area contributed by atoms with Gasteiger partial charge in [0.25, 0.3) is 0 Å². The Morgan fingerprint density at radius 2 is 1.80 bits per heavy atom. The summed E-state index contributed by atoms with van der Waals surface area (Å²) in [6.07, 6.45) is 0. The minimum atomic E-state index is -0.432. The van der Waals surface area contributed by atoms with Crippen LogP contribution < -0.4 is 4.74 Å². The Morgan fingerprint density at radius 3 is 2.40 bits per heavy atom. The standard InChI is InChI=1S/C17H16FNO/c1-12(2)15(11-19)13-8-9-16(18)17(10-13)20-14-6-4-3-5-7-14/h3-10,12,15H,1-2H3/t15-/m0/s1. The summed E-state index contributed by atoms with van der Waals surface area (Å²) in [5.74, 6) is 0.179. The average molecular weight is 269 g/mol. The Hall–Kier alpha value is -2.34. The number of benzene rings is 2. The lowest BCUT2D eigenvalue weighted by atomic mass is 9.90. The van der Waals surface area contributed by atoms with Crippen molar-refractivity contribution in [2.45, 2.75) is 19.8 Å². The van der Waals surface area contributed by atoms with E-state index >= 15 is 0 Å². The van der Waals surface area contributed by atoms with Crippen molar-refractivity contribution in [3.63, 3.8) is 0 Å². The summed E-state index contributed by atoms with van der Waals surface area (Å²) in [5.41, 5.74) is 0.773. The highest BCUT2D eigenvalue weighted by Gasteiger charge is 2.17. The van der Waals surface area contributed by atoms with Gasteiger partial charge in [0.1, 0.15) is 5.75 Å². The highest BCUT2D eigenvalue weighted by atomic mass is 19.1. The lowest BCUT2D eigenvalue weighted by Crippen LogP contribution is -2.04. The second-order valence-corrected chi connectivity index (χ2v) is 4.96. The summed E-state index contributed by atoms with van der Waals surface area (Å²) in [5, 5.41) is 9.22. The van der Waals surface area contributed by atoms with E-state index in [0.29, 0.717) is 5.75 Å². The van der Waals surface area contributed by atoms with E-state index in [1.54, 1.807) is 24.3 Å². The van der Waals surface area contributed by atoms with E-state index in [9.17, 15) is 9.65 Å². The van der Waals surface area contributed by atoms with E-state index in [2.05, 4.69) is 6.07 Å². The second kappa shape index (κ2) is 6.21. The first kappa shape index (κ1) is 14.1. The number of hydrogen-bond acceptors (Lipinski definition) is 2. The Labute approximate surface area is 118 Å². The molecule has 0 aliphatic heterocycles. The van der Waals surface area contributed by atoms with Crippen LogP contribution in [0, 0.1) is 23.1 Å². The molecular formula is C17H16FNO. The van der Waals surface area contributed by atoms with Gasteiger partial charge in [-0.1, -0.05) is 38.1 Å². The van der Waals surface area contributed by atoms with Crippen LogP contribution in [0.2, 0.25) is 0 Å². The predicted octanol–water partition coefficient (Wildman–Crippen LogP) is 4.88. The molecule has 0 bridgehead atoms. The molecule has 0 aromatic heterocycles. The third kappa shape index (κ3) is 3.16. The van der Waals surface area contributed by atoms with Gasteiger partial charge in [0.15, 0.2) is 11.6 Å². The molecule has 102 valence electrons. The van der Waals surface area contributed by atoms with Crippen LogP contribution in [-0.4, -0.2) is 0 Å². The molecule has 0 heterocycles. The van der Waals surface area contributed by atoms with Gasteiger partial charge in [-0.3, -0.25) is 0 Å². The van der Waals surface area contributed by atoms with Crippen molar-refractivity contribution < 1.29 is 9.13 Å². The maximum atomic E-state index is 13.8.